The Kier molecular flexibility index (Phi) is 4.03. The number of anilines is 1. The second-order valence-electron chi connectivity index (χ2n) is 4.24. The number of alkyl halides is 3. The molecular formula is C12H10BrF3N2O2. The molecule has 0 aromatic heterocycles. The number of benzene rings is 1. The predicted molar refractivity (Wildman–Crippen MR) is 69.1 cm³/mol. The van der Waals surface area contributed by atoms with Crippen LogP contribution in [0.5, 0.6) is 0 Å². The summed E-state index contributed by atoms with van der Waals surface area (Å²) in [5.41, 5.74) is -0.728. The zero-order valence-corrected chi connectivity index (χ0v) is 11.7. The van der Waals surface area contributed by atoms with Crippen molar-refractivity contribution in [2.75, 3.05) is 18.0 Å². The van der Waals surface area contributed by atoms with Crippen molar-refractivity contribution in [3.63, 3.8) is 0 Å². The van der Waals surface area contributed by atoms with Crippen molar-refractivity contribution in [1.29, 1.82) is 0 Å². The Morgan fingerprint density at radius 3 is 2.60 bits per heavy atom. The minimum Gasteiger partial charge on any atom is -0.347 e. The normalized spacial score (nSPS) is 16.9. The Bertz CT molecular complexity index is 560. The van der Waals surface area contributed by atoms with Crippen LogP contribution in [0.3, 0.4) is 0 Å². The average molecular weight is 351 g/mol. The molecule has 1 aromatic carbocycles. The number of carbonyl (C=O) groups is 2. The Morgan fingerprint density at radius 2 is 1.95 bits per heavy atom. The quantitative estimate of drug-likeness (QED) is 0.844. The van der Waals surface area contributed by atoms with Crippen molar-refractivity contribution >= 4 is 33.4 Å². The Balaban J connectivity index is 2.40. The Labute approximate surface area is 121 Å². The van der Waals surface area contributed by atoms with E-state index < -0.39 is 17.6 Å². The average Bonchev–Trinajstić information content (AvgIpc) is 2.52. The summed E-state index contributed by atoms with van der Waals surface area (Å²) in [7, 11) is 0. The second kappa shape index (κ2) is 5.43. The van der Waals surface area contributed by atoms with Crippen LogP contribution in [0.25, 0.3) is 0 Å². The summed E-state index contributed by atoms with van der Waals surface area (Å²) in [5, 5.41) is 2.39. The fourth-order valence-electron chi connectivity index (χ4n) is 1.85. The number of hydrogen-bond donors (Lipinski definition) is 1. The van der Waals surface area contributed by atoms with Gasteiger partial charge in [-0.1, -0.05) is 0 Å². The topological polar surface area (TPSA) is 49.4 Å². The van der Waals surface area contributed by atoms with Gasteiger partial charge >= 0.3 is 6.18 Å². The molecular weight excluding hydrogens is 341 g/mol. The molecule has 2 rings (SSSR count). The van der Waals surface area contributed by atoms with Gasteiger partial charge in [0.05, 0.1) is 17.8 Å². The van der Waals surface area contributed by atoms with E-state index in [0.29, 0.717) is 4.47 Å². The summed E-state index contributed by atoms with van der Waals surface area (Å²) < 4.78 is 38.5. The number of rotatable bonds is 1. The van der Waals surface area contributed by atoms with Crippen LogP contribution in [-0.2, 0) is 15.8 Å². The van der Waals surface area contributed by atoms with E-state index in [1.807, 2.05) is 0 Å². The molecule has 0 spiro atoms. The summed E-state index contributed by atoms with van der Waals surface area (Å²) >= 11 is 3.13. The first-order chi connectivity index (χ1) is 9.29. The first-order valence-electron chi connectivity index (χ1n) is 5.73. The minimum atomic E-state index is -4.49. The largest absolute Gasteiger partial charge is 0.416 e. The molecule has 0 saturated carbocycles. The molecule has 1 aliphatic heterocycles. The van der Waals surface area contributed by atoms with Crippen LogP contribution in [-0.4, -0.2) is 24.9 Å². The van der Waals surface area contributed by atoms with Crippen LogP contribution in [0.15, 0.2) is 22.7 Å². The number of halogens is 4. The van der Waals surface area contributed by atoms with E-state index in [4.69, 9.17) is 0 Å². The van der Waals surface area contributed by atoms with E-state index in [9.17, 15) is 22.8 Å². The van der Waals surface area contributed by atoms with Crippen molar-refractivity contribution in [3.8, 4) is 0 Å². The predicted octanol–water partition coefficient (Wildman–Crippen LogP) is 2.32. The van der Waals surface area contributed by atoms with E-state index >= 15 is 0 Å². The van der Waals surface area contributed by atoms with E-state index in [1.54, 1.807) is 0 Å². The van der Waals surface area contributed by atoms with E-state index in [2.05, 4.69) is 21.2 Å². The summed E-state index contributed by atoms with van der Waals surface area (Å²) in [6.45, 7) is -0.175. The number of hydrogen-bond acceptors (Lipinski definition) is 2. The molecule has 108 valence electrons. The SMILES string of the molecule is O=C1CCN(c2cc(C(F)(F)F)ccc2Br)C(=O)CN1. The first kappa shape index (κ1) is 14.8. The standard InChI is InChI=1S/C12H10BrF3N2O2/c13-8-2-1-7(12(14,15)16)5-9(8)18-4-3-10(19)17-6-11(18)20/h1-2,5H,3-4,6H2,(H,17,19). The molecule has 0 atom stereocenters. The highest BCUT2D eigenvalue weighted by molar-refractivity contribution is 9.10. The van der Waals surface area contributed by atoms with E-state index in [1.165, 1.54) is 11.0 Å². The molecule has 1 N–H and O–H groups in total. The van der Waals surface area contributed by atoms with Crippen LogP contribution in [0.4, 0.5) is 18.9 Å². The smallest absolute Gasteiger partial charge is 0.347 e. The van der Waals surface area contributed by atoms with Gasteiger partial charge in [-0.2, -0.15) is 13.2 Å². The van der Waals surface area contributed by atoms with Crippen molar-refractivity contribution in [1.82, 2.24) is 5.32 Å². The molecule has 1 heterocycles. The molecule has 4 nitrogen and oxygen atoms in total. The third kappa shape index (κ3) is 3.12. The molecule has 2 amide bonds. The number of carbonyl (C=O) groups excluding carboxylic acids is 2. The minimum absolute atomic E-state index is 0.0462. The number of nitrogens with one attached hydrogen (secondary N) is 1. The third-order valence-corrected chi connectivity index (χ3v) is 3.54. The van der Waals surface area contributed by atoms with Gasteiger partial charge in [-0.15, -0.1) is 0 Å². The molecule has 8 heteroatoms. The Morgan fingerprint density at radius 1 is 1.25 bits per heavy atom. The fraction of sp³-hybridized carbons (Fsp3) is 0.333. The highest BCUT2D eigenvalue weighted by Gasteiger charge is 2.32. The van der Waals surface area contributed by atoms with Gasteiger partial charge in [0.25, 0.3) is 0 Å². The van der Waals surface area contributed by atoms with Gasteiger partial charge in [0.1, 0.15) is 0 Å². The highest BCUT2D eigenvalue weighted by atomic mass is 79.9. The fourth-order valence-corrected chi connectivity index (χ4v) is 2.31. The second-order valence-corrected chi connectivity index (χ2v) is 5.09. The molecule has 0 unspecified atom stereocenters. The number of amides is 2. The van der Waals surface area contributed by atoms with Gasteiger partial charge in [-0.3, -0.25) is 9.59 Å². The first-order valence-corrected chi connectivity index (χ1v) is 6.52. The lowest BCUT2D eigenvalue weighted by atomic mass is 10.1. The van der Waals surface area contributed by atoms with Crippen LogP contribution in [0.1, 0.15) is 12.0 Å². The lowest BCUT2D eigenvalue weighted by Gasteiger charge is -2.22. The molecule has 0 bridgehead atoms. The van der Waals surface area contributed by atoms with Crippen molar-refractivity contribution in [2.45, 2.75) is 12.6 Å². The van der Waals surface area contributed by atoms with Crippen LogP contribution in [0.2, 0.25) is 0 Å². The third-order valence-electron chi connectivity index (χ3n) is 2.86. The lowest BCUT2D eigenvalue weighted by molar-refractivity contribution is -0.137. The molecule has 1 aromatic rings. The van der Waals surface area contributed by atoms with Crippen molar-refractivity contribution in [3.05, 3.63) is 28.2 Å². The van der Waals surface area contributed by atoms with Crippen molar-refractivity contribution < 1.29 is 22.8 Å². The maximum Gasteiger partial charge on any atom is 0.416 e. The molecule has 1 saturated heterocycles. The highest BCUT2D eigenvalue weighted by Crippen LogP contribution is 2.35. The van der Waals surface area contributed by atoms with Gasteiger partial charge in [0.2, 0.25) is 11.8 Å². The molecule has 0 aliphatic carbocycles. The number of nitrogens with zero attached hydrogens (tertiary/aromatic N) is 1. The maximum atomic E-state index is 12.7. The summed E-state index contributed by atoms with van der Waals surface area (Å²) in [4.78, 5) is 24.3. The summed E-state index contributed by atoms with van der Waals surface area (Å²) in [6, 6.07) is 3.07. The summed E-state index contributed by atoms with van der Waals surface area (Å²) in [5.74, 6) is -0.750. The molecule has 0 radical (unpaired) electrons. The van der Waals surface area contributed by atoms with Crippen LogP contribution >= 0.6 is 15.9 Å². The van der Waals surface area contributed by atoms with E-state index in [0.717, 1.165) is 12.1 Å². The van der Waals surface area contributed by atoms with Gasteiger partial charge < -0.3 is 10.2 Å². The Hall–Kier alpha value is -1.57. The van der Waals surface area contributed by atoms with Crippen molar-refractivity contribution in [2.24, 2.45) is 0 Å². The maximum absolute atomic E-state index is 12.7. The molecule has 20 heavy (non-hydrogen) atoms. The molecule has 1 aliphatic rings. The van der Waals surface area contributed by atoms with Gasteiger partial charge in [0, 0.05) is 17.4 Å². The van der Waals surface area contributed by atoms with Gasteiger partial charge in [-0.05, 0) is 34.1 Å². The van der Waals surface area contributed by atoms with Crippen LogP contribution in [0, 0.1) is 0 Å². The van der Waals surface area contributed by atoms with E-state index in [-0.39, 0.29) is 31.1 Å². The monoisotopic (exact) mass is 350 g/mol. The zero-order valence-electron chi connectivity index (χ0n) is 10.1. The summed E-state index contributed by atoms with van der Waals surface area (Å²) in [6.07, 6.45) is -4.44. The zero-order chi connectivity index (χ0) is 14.9. The van der Waals surface area contributed by atoms with Crippen LogP contribution < -0.4 is 10.2 Å². The lowest BCUT2D eigenvalue weighted by Crippen LogP contribution is -2.35. The molecule has 1 fully saturated rings. The van der Waals surface area contributed by atoms with Gasteiger partial charge in [0.15, 0.2) is 0 Å². The van der Waals surface area contributed by atoms with Gasteiger partial charge in [-0.25, -0.2) is 0 Å².